The topological polar surface area (TPSA) is 52.0 Å². The van der Waals surface area contributed by atoms with E-state index in [1.54, 1.807) is 6.92 Å². The van der Waals surface area contributed by atoms with E-state index in [0.29, 0.717) is 12.0 Å². The van der Waals surface area contributed by atoms with Gasteiger partial charge in [0.15, 0.2) is 11.6 Å². The van der Waals surface area contributed by atoms with Gasteiger partial charge in [0.05, 0.1) is 5.56 Å². The molecule has 84 valence electrons. The van der Waals surface area contributed by atoms with Crippen molar-refractivity contribution in [1.82, 2.24) is 5.16 Å². The monoisotopic (exact) mass is 224 g/mol. The number of nitrogens with two attached hydrogens (primary N) is 1. The molecule has 0 spiro atoms. The smallest absolute Gasteiger partial charge is 0.174 e. The zero-order chi connectivity index (χ0) is 11.7. The lowest BCUT2D eigenvalue weighted by Gasteiger charge is -2.05. The molecule has 1 aromatic heterocycles. The van der Waals surface area contributed by atoms with E-state index in [-0.39, 0.29) is 17.1 Å². The Morgan fingerprint density at radius 3 is 2.69 bits per heavy atom. The van der Waals surface area contributed by atoms with Crippen molar-refractivity contribution in [2.24, 2.45) is 0 Å². The second-order valence-electron chi connectivity index (χ2n) is 3.37. The van der Waals surface area contributed by atoms with Crippen LogP contribution in [0.2, 0.25) is 0 Å². The minimum absolute atomic E-state index is 0.00259. The third-order valence-electron chi connectivity index (χ3n) is 2.33. The first-order chi connectivity index (χ1) is 7.63. The van der Waals surface area contributed by atoms with Gasteiger partial charge in [-0.25, -0.2) is 8.78 Å². The molecule has 5 heteroatoms. The molecule has 0 saturated carbocycles. The van der Waals surface area contributed by atoms with Crippen LogP contribution in [0.1, 0.15) is 12.5 Å². The predicted octanol–water partition coefficient (Wildman–Crippen LogP) is 2.76. The minimum atomic E-state index is -0.689. The third-order valence-corrected chi connectivity index (χ3v) is 2.33. The fourth-order valence-corrected chi connectivity index (χ4v) is 1.50. The highest BCUT2D eigenvalue weighted by molar-refractivity contribution is 5.62. The zero-order valence-electron chi connectivity index (χ0n) is 8.63. The molecule has 1 heterocycles. The second kappa shape index (κ2) is 3.92. The fourth-order valence-electron chi connectivity index (χ4n) is 1.50. The molecule has 2 N–H and O–H groups in total. The SMILES string of the molecule is CCc1ccc(F)c(-c2cc(N)no2)c1F. The van der Waals surface area contributed by atoms with Crippen LogP contribution in [0.4, 0.5) is 14.6 Å². The lowest BCUT2D eigenvalue weighted by atomic mass is 10.1. The van der Waals surface area contributed by atoms with Crippen LogP contribution < -0.4 is 5.73 Å². The molecule has 0 bridgehead atoms. The molecule has 2 rings (SSSR count). The Hall–Kier alpha value is -1.91. The van der Waals surface area contributed by atoms with Crippen molar-refractivity contribution in [1.29, 1.82) is 0 Å². The molecule has 0 aliphatic heterocycles. The molecule has 16 heavy (non-hydrogen) atoms. The number of hydrogen-bond donors (Lipinski definition) is 1. The maximum Gasteiger partial charge on any atom is 0.174 e. The van der Waals surface area contributed by atoms with Gasteiger partial charge in [-0.05, 0) is 18.1 Å². The van der Waals surface area contributed by atoms with Crippen LogP contribution in [0.15, 0.2) is 22.7 Å². The van der Waals surface area contributed by atoms with Gasteiger partial charge in [-0.2, -0.15) is 0 Å². The highest BCUT2D eigenvalue weighted by Gasteiger charge is 2.18. The van der Waals surface area contributed by atoms with Crippen LogP contribution in [0, 0.1) is 11.6 Å². The Labute approximate surface area is 90.9 Å². The summed E-state index contributed by atoms with van der Waals surface area (Å²) in [7, 11) is 0. The molecule has 0 radical (unpaired) electrons. The Kier molecular flexibility index (Phi) is 2.60. The fraction of sp³-hybridized carbons (Fsp3) is 0.182. The summed E-state index contributed by atoms with van der Waals surface area (Å²) in [5.41, 5.74) is 5.54. The number of hydrogen-bond acceptors (Lipinski definition) is 3. The summed E-state index contributed by atoms with van der Waals surface area (Å²) in [5, 5.41) is 3.40. The van der Waals surface area contributed by atoms with Crippen LogP contribution in [0.5, 0.6) is 0 Å². The third kappa shape index (κ3) is 1.64. The van der Waals surface area contributed by atoms with Gasteiger partial charge in [0.2, 0.25) is 0 Å². The minimum Gasteiger partial charge on any atom is -0.381 e. The maximum atomic E-state index is 13.9. The number of anilines is 1. The number of rotatable bonds is 2. The van der Waals surface area contributed by atoms with Gasteiger partial charge in [0.1, 0.15) is 11.6 Å². The first kappa shape index (κ1) is 10.6. The van der Waals surface area contributed by atoms with Crippen LogP contribution in [-0.2, 0) is 6.42 Å². The van der Waals surface area contributed by atoms with Crippen LogP contribution in [-0.4, -0.2) is 5.16 Å². The summed E-state index contributed by atoms with van der Waals surface area (Å²) in [6.07, 6.45) is 0.475. The molecule has 0 aliphatic rings. The molecule has 2 aromatic rings. The maximum absolute atomic E-state index is 13.9. The number of nitrogen functional groups attached to an aromatic ring is 1. The van der Waals surface area contributed by atoms with Gasteiger partial charge >= 0.3 is 0 Å². The van der Waals surface area contributed by atoms with E-state index < -0.39 is 11.6 Å². The van der Waals surface area contributed by atoms with E-state index in [1.807, 2.05) is 0 Å². The van der Waals surface area contributed by atoms with Crippen molar-refractivity contribution in [3.63, 3.8) is 0 Å². The number of halogens is 2. The van der Waals surface area contributed by atoms with Crippen molar-refractivity contribution in [2.75, 3.05) is 5.73 Å². The van der Waals surface area contributed by atoms with E-state index in [0.717, 1.165) is 0 Å². The summed E-state index contributed by atoms with van der Waals surface area (Å²) < 4.78 is 32.1. The van der Waals surface area contributed by atoms with Gasteiger partial charge in [-0.3, -0.25) is 0 Å². The van der Waals surface area contributed by atoms with Crippen LogP contribution in [0.25, 0.3) is 11.3 Å². The summed E-state index contributed by atoms with van der Waals surface area (Å²) in [5.74, 6) is -1.22. The summed E-state index contributed by atoms with van der Waals surface area (Å²) >= 11 is 0. The standard InChI is InChI=1S/C11H10F2N2O/c1-2-6-3-4-7(12)10(11(6)13)8-5-9(14)15-16-8/h3-5H,2H2,1H3,(H2,14,15). The van der Waals surface area contributed by atoms with Gasteiger partial charge in [0, 0.05) is 6.07 Å². The molecular weight excluding hydrogens is 214 g/mol. The Morgan fingerprint density at radius 2 is 2.12 bits per heavy atom. The first-order valence-electron chi connectivity index (χ1n) is 4.83. The molecule has 0 fully saturated rings. The van der Waals surface area contributed by atoms with E-state index >= 15 is 0 Å². The highest BCUT2D eigenvalue weighted by Crippen LogP contribution is 2.29. The molecule has 0 aliphatic carbocycles. The average Bonchev–Trinajstić information content (AvgIpc) is 2.65. The van der Waals surface area contributed by atoms with E-state index in [2.05, 4.69) is 5.16 Å². The largest absolute Gasteiger partial charge is 0.381 e. The first-order valence-corrected chi connectivity index (χ1v) is 4.83. The normalized spacial score (nSPS) is 10.7. The number of nitrogens with zero attached hydrogens (tertiary/aromatic N) is 1. The van der Waals surface area contributed by atoms with E-state index in [9.17, 15) is 8.78 Å². The average molecular weight is 224 g/mol. The van der Waals surface area contributed by atoms with Crippen molar-refractivity contribution in [2.45, 2.75) is 13.3 Å². The Morgan fingerprint density at radius 1 is 1.38 bits per heavy atom. The van der Waals surface area contributed by atoms with Crippen molar-refractivity contribution in [3.05, 3.63) is 35.4 Å². The molecule has 0 amide bonds. The number of aryl methyl sites for hydroxylation is 1. The van der Waals surface area contributed by atoms with E-state index in [1.165, 1.54) is 18.2 Å². The van der Waals surface area contributed by atoms with Gasteiger partial charge in [0.25, 0.3) is 0 Å². The summed E-state index contributed by atoms with van der Waals surface area (Å²) in [6.45, 7) is 1.79. The van der Waals surface area contributed by atoms with Crippen molar-refractivity contribution in [3.8, 4) is 11.3 Å². The predicted molar refractivity (Wildman–Crippen MR) is 55.6 cm³/mol. The highest BCUT2D eigenvalue weighted by atomic mass is 19.1. The Bertz CT molecular complexity index is 523. The quantitative estimate of drug-likeness (QED) is 0.853. The number of aromatic nitrogens is 1. The molecule has 0 saturated heterocycles. The molecule has 0 atom stereocenters. The van der Waals surface area contributed by atoms with Crippen molar-refractivity contribution >= 4 is 5.82 Å². The Balaban J connectivity index is 2.63. The van der Waals surface area contributed by atoms with Crippen LogP contribution in [0.3, 0.4) is 0 Å². The van der Waals surface area contributed by atoms with Crippen molar-refractivity contribution < 1.29 is 13.3 Å². The lowest BCUT2D eigenvalue weighted by molar-refractivity contribution is 0.429. The molecule has 3 nitrogen and oxygen atoms in total. The molecular formula is C11H10F2N2O. The summed E-state index contributed by atoms with van der Waals surface area (Å²) in [4.78, 5) is 0. The second-order valence-corrected chi connectivity index (χ2v) is 3.37. The van der Waals surface area contributed by atoms with Crippen LogP contribution >= 0.6 is 0 Å². The lowest BCUT2D eigenvalue weighted by Crippen LogP contribution is -1.95. The number of benzene rings is 1. The van der Waals surface area contributed by atoms with Gasteiger partial charge < -0.3 is 10.3 Å². The molecule has 1 aromatic carbocycles. The summed E-state index contributed by atoms with van der Waals surface area (Å²) in [6, 6.07) is 3.91. The van der Waals surface area contributed by atoms with Gasteiger partial charge in [-0.1, -0.05) is 18.1 Å². The van der Waals surface area contributed by atoms with E-state index in [4.69, 9.17) is 10.3 Å². The zero-order valence-corrected chi connectivity index (χ0v) is 8.63. The van der Waals surface area contributed by atoms with Gasteiger partial charge in [-0.15, -0.1) is 0 Å². The molecule has 0 unspecified atom stereocenters.